The zero-order chi connectivity index (χ0) is 13.8. The van der Waals surface area contributed by atoms with Crippen molar-refractivity contribution in [2.24, 2.45) is 0 Å². The lowest BCUT2D eigenvalue weighted by molar-refractivity contribution is 0.270. The van der Waals surface area contributed by atoms with Gasteiger partial charge in [-0.1, -0.05) is 34.8 Å². The fourth-order valence-electron chi connectivity index (χ4n) is 1.33. The molecule has 0 aliphatic heterocycles. The molecule has 0 bridgehead atoms. The Kier molecular flexibility index (Phi) is 4.99. The molecule has 2 aromatic rings. The van der Waals surface area contributed by atoms with Gasteiger partial charge in [0.1, 0.15) is 0 Å². The quantitative estimate of drug-likeness (QED) is 0.686. The van der Waals surface area contributed by atoms with Crippen molar-refractivity contribution in [3.63, 3.8) is 0 Å². The van der Waals surface area contributed by atoms with Gasteiger partial charge in [-0.25, -0.2) is 0 Å². The maximum absolute atomic E-state index is 11.8. The smallest absolute Gasteiger partial charge is 0.288 e. The van der Waals surface area contributed by atoms with Gasteiger partial charge in [0.25, 0.3) is 5.24 Å². The van der Waals surface area contributed by atoms with E-state index in [0.29, 0.717) is 20.8 Å². The van der Waals surface area contributed by atoms with Crippen LogP contribution in [0.4, 0.5) is 10.5 Å². The van der Waals surface area contributed by atoms with E-state index in [4.69, 9.17) is 34.8 Å². The molecule has 1 amide bonds. The van der Waals surface area contributed by atoms with Crippen LogP contribution in [0.25, 0.3) is 0 Å². The zero-order valence-corrected chi connectivity index (χ0v) is 12.6. The first-order chi connectivity index (χ1) is 9.04. The van der Waals surface area contributed by atoms with Crippen LogP contribution in [0.3, 0.4) is 0 Å². The molecule has 0 radical (unpaired) electrons. The normalized spacial score (nSPS) is 10.3. The van der Waals surface area contributed by atoms with E-state index in [1.165, 1.54) is 0 Å². The van der Waals surface area contributed by atoms with E-state index in [9.17, 15) is 4.79 Å². The molecule has 0 aliphatic carbocycles. The highest BCUT2D eigenvalue weighted by Gasteiger charge is 2.06. The molecule has 0 saturated heterocycles. The molecular formula is C13H8Cl3NOS. The molecule has 19 heavy (non-hydrogen) atoms. The van der Waals surface area contributed by atoms with E-state index in [1.807, 2.05) is 0 Å². The first-order valence-electron chi connectivity index (χ1n) is 5.24. The second-order valence-electron chi connectivity index (χ2n) is 3.60. The summed E-state index contributed by atoms with van der Waals surface area (Å²) in [6.45, 7) is 0. The third kappa shape index (κ3) is 4.32. The zero-order valence-electron chi connectivity index (χ0n) is 9.49. The third-order valence-electron chi connectivity index (χ3n) is 2.19. The van der Waals surface area contributed by atoms with Crippen molar-refractivity contribution in [3.8, 4) is 0 Å². The van der Waals surface area contributed by atoms with Crippen LogP contribution in [-0.2, 0) is 0 Å². The monoisotopic (exact) mass is 331 g/mol. The van der Waals surface area contributed by atoms with Crippen molar-refractivity contribution in [3.05, 3.63) is 57.5 Å². The number of hydrogen-bond acceptors (Lipinski definition) is 2. The van der Waals surface area contributed by atoms with Gasteiger partial charge in [-0.15, -0.1) is 0 Å². The minimum Gasteiger partial charge on any atom is -0.317 e. The van der Waals surface area contributed by atoms with Crippen molar-refractivity contribution in [1.29, 1.82) is 0 Å². The van der Waals surface area contributed by atoms with Gasteiger partial charge in [0.2, 0.25) is 0 Å². The Morgan fingerprint density at radius 1 is 0.947 bits per heavy atom. The van der Waals surface area contributed by atoms with Crippen LogP contribution in [0.1, 0.15) is 0 Å². The van der Waals surface area contributed by atoms with E-state index in [2.05, 4.69) is 5.32 Å². The molecule has 0 aliphatic rings. The van der Waals surface area contributed by atoms with Crippen molar-refractivity contribution in [2.45, 2.75) is 4.90 Å². The Morgan fingerprint density at radius 2 is 1.63 bits per heavy atom. The summed E-state index contributed by atoms with van der Waals surface area (Å²) in [4.78, 5) is 12.6. The van der Waals surface area contributed by atoms with Crippen molar-refractivity contribution < 1.29 is 4.79 Å². The summed E-state index contributed by atoms with van der Waals surface area (Å²) in [5, 5.41) is 4.00. The second kappa shape index (κ2) is 6.53. The second-order valence-corrected chi connectivity index (χ2v) is 5.89. The molecule has 2 nitrogen and oxygen atoms in total. The number of hydrogen-bond donors (Lipinski definition) is 1. The number of halogens is 3. The lowest BCUT2D eigenvalue weighted by Crippen LogP contribution is -2.04. The van der Waals surface area contributed by atoms with E-state index >= 15 is 0 Å². The largest absolute Gasteiger partial charge is 0.317 e. The van der Waals surface area contributed by atoms with E-state index in [-0.39, 0.29) is 5.24 Å². The average molecular weight is 333 g/mol. The molecule has 0 unspecified atom stereocenters. The third-order valence-corrected chi connectivity index (χ3v) is 3.98. The van der Waals surface area contributed by atoms with Crippen LogP contribution >= 0.6 is 46.6 Å². The molecule has 2 aromatic carbocycles. The summed E-state index contributed by atoms with van der Waals surface area (Å²) < 4.78 is 0. The molecule has 98 valence electrons. The number of anilines is 1. The van der Waals surface area contributed by atoms with E-state index < -0.39 is 0 Å². The number of rotatable bonds is 2. The van der Waals surface area contributed by atoms with Gasteiger partial charge in [0.15, 0.2) is 0 Å². The minimum atomic E-state index is -0.208. The summed E-state index contributed by atoms with van der Waals surface area (Å²) in [7, 11) is 0. The van der Waals surface area contributed by atoms with E-state index in [1.54, 1.807) is 42.5 Å². The maximum atomic E-state index is 11.8. The van der Waals surface area contributed by atoms with Gasteiger partial charge in [0, 0.05) is 15.6 Å². The topological polar surface area (TPSA) is 29.1 Å². The summed E-state index contributed by atoms with van der Waals surface area (Å²) in [6, 6.07) is 11.9. The van der Waals surface area contributed by atoms with Crippen molar-refractivity contribution in [2.75, 3.05) is 5.32 Å². The van der Waals surface area contributed by atoms with Crippen LogP contribution in [0.2, 0.25) is 15.1 Å². The average Bonchev–Trinajstić information content (AvgIpc) is 2.37. The molecular weight excluding hydrogens is 325 g/mol. The standard InChI is InChI=1S/C13H8Cl3NOS/c14-8-1-4-10(5-2-8)19-13(18)17-9-3-6-11(15)12(16)7-9/h1-7H,(H,17,18). The molecule has 0 saturated carbocycles. The van der Waals surface area contributed by atoms with Gasteiger partial charge in [-0.2, -0.15) is 0 Å². The number of carbonyl (C=O) groups is 1. The van der Waals surface area contributed by atoms with Gasteiger partial charge in [-0.05, 0) is 54.2 Å². The fraction of sp³-hybridized carbons (Fsp3) is 0. The summed E-state index contributed by atoms with van der Waals surface area (Å²) in [5.74, 6) is 0. The molecule has 0 fully saturated rings. The van der Waals surface area contributed by atoms with Crippen LogP contribution in [0.15, 0.2) is 47.4 Å². The molecule has 0 atom stereocenters. The molecule has 0 aromatic heterocycles. The molecule has 2 rings (SSSR count). The van der Waals surface area contributed by atoms with Gasteiger partial charge in [-0.3, -0.25) is 4.79 Å². The molecule has 0 spiro atoms. The maximum Gasteiger partial charge on any atom is 0.288 e. The summed E-state index contributed by atoms with van der Waals surface area (Å²) in [6.07, 6.45) is 0. The molecule has 0 heterocycles. The number of benzene rings is 2. The first-order valence-corrected chi connectivity index (χ1v) is 7.19. The first kappa shape index (κ1) is 14.5. The van der Waals surface area contributed by atoms with Crippen LogP contribution in [0, 0.1) is 0 Å². The van der Waals surface area contributed by atoms with E-state index in [0.717, 1.165) is 16.7 Å². The SMILES string of the molecule is O=C(Nc1ccc(Cl)c(Cl)c1)Sc1ccc(Cl)cc1. The highest BCUT2D eigenvalue weighted by atomic mass is 35.5. The minimum absolute atomic E-state index is 0.208. The number of amides is 1. The Bertz CT molecular complexity index is 601. The van der Waals surface area contributed by atoms with Gasteiger partial charge in [0.05, 0.1) is 10.0 Å². The van der Waals surface area contributed by atoms with Crippen molar-refractivity contribution in [1.82, 2.24) is 0 Å². The van der Waals surface area contributed by atoms with Crippen LogP contribution in [0.5, 0.6) is 0 Å². The number of carbonyl (C=O) groups excluding carboxylic acids is 1. The summed E-state index contributed by atoms with van der Waals surface area (Å²) >= 11 is 18.5. The Morgan fingerprint density at radius 3 is 2.26 bits per heavy atom. The molecule has 1 N–H and O–H groups in total. The Labute approximate surface area is 130 Å². The van der Waals surface area contributed by atoms with Gasteiger partial charge < -0.3 is 5.32 Å². The van der Waals surface area contributed by atoms with Gasteiger partial charge >= 0.3 is 0 Å². The van der Waals surface area contributed by atoms with Crippen molar-refractivity contribution >= 4 is 57.5 Å². The number of thioether (sulfide) groups is 1. The highest BCUT2D eigenvalue weighted by Crippen LogP contribution is 2.27. The number of nitrogens with one attached hydrogen (secondary N) is 1. The Hall–Kier alpha value is -0.870. The highest BCUT2D eigenvalue weighted by molar-refractivity contribution is 8.13. The predicted molar refractivity (Wildman–Crippen MR) is 82.8 cm³/mol. The lowest BCUT2D eigenvalue weighted by atomic mass is 10.3. The summed E-state index contributed by atoms with van der Waals surface area (Å²) in [5.41, 5.74) is 0.598. The lowest BCUT2D eigenvalue weighted by Gasteiger charge is -2.06. The molecule has 6 heteroatoms. The Balaban J connectivity index is 2.01. The van der Waals surface area contributed by atoms with Crippen LogP contribution < -0.4 is 5.32 Å². The van der Waals surface area contributed by atoms with Crippen LogP contribution in [-0.4, -0.2) is 5.24 Å². The predicted octanol–water partition coefficient (Wildman–Crippen LogP) is 5.97. The fourth-order valence-corrected chi connectivity index (χ4v) is 2.41.